The Kier molecular flexibility index (Phi) is 7.12. The van der Waals surface area contributed by atoms with Crippen LogP contribution in [-0.4, -0.2) is 60.9 Å². The van der Waals surface area contributed by atoms with E-state index in [1.54, 1.807) is 0 Å². The Labute approximate surface area is 173 Å². The fourth-order valence-electron chi connectivity index (χ4n) is 4.11. The minimum atomic E-state index is -0.153. The molecular formula is C22H32N4O3. The van der Waals surface area contributed by atoms with Crippen LogP contribution >= 0.6 is 0 Å². The predicted octanol–water partition coefficient (Wildman–Crippen LogP) is 2.02. The third-order valence-electron chi connectivity index (χ3n) is 5.70. The number of benzene rings is 1. The molecule has 2 heterocycles. The lowest BCUT2D eigenvalue weighted by atomic mass is 9.99. The summed E-state index contributed by atoms with van der Waals surface area (Å²) in [6, 6.07) is 8.28. The van der Waals surface area contributed by atoms with Crippen molar-refractivity contribution in [3.8, 4) is 0 Å². The number of aliphatic imine (C=N–C) groups is 1. The van der Waals surface area contributed by atoms with Crippen LogP contribution in [0.25, 0.3) is 0 Å². The molecule has 2 saturated heterocycles. The van der Waals surface area contributed by atoms with Crippen LogP contribution in [0, 0.1) is 11.8 Å². The molecule has 0 aromatic heterocycles. The molecule has 0 spiro atoms. The maximum absolute atomic E-state index is 12.0. The van der Waals surface area contributed by atoms with E-state index in [0.717, 1.165) is 43.1 Å². The van der Waals surface area contributed by atoms with Crippen LogP contribution in [0.15, 0.2) is 29.3 Å². The van der Waals surface area contributed by atoms with E-state index >= 15 is 0 Å². The first kappa shape index (κ1) is 21.1. The third kappa shape index (κ3) is 5.28. The van der Waals surface area contributed by atoms with Gasteiger partial charge < -0.3 is 19.9 Å². The summed E-state index contributed by atoms with van der Waals surface area (Å²) in [6.45, 7) is 8.36. The molecule has 1 N–H and O–H groups in total. The first-order valence-corrected chi connectivity index (χ1v) is 10.5. The standard InChI is InChI=1S/C22H32N4O3/c1-4-23-22(26-13-16(2)19(15-26)21(28)29-3)24-12-17-7-5-8-18(11-17)14-25-10-6-9-20(25)27/h5,7-8,11,16,19H,4,6,9-10,12-15H2,1-3H3,(H,23,24). The minimum absolute atomic E-state index is 0.120. The summed E-state index contributed by atoms with van der Waals surface area (Å²) in [7, 11) is 1.44. The van der Waals surface area contributed by atoms with E-state index in [4.69, 9.17) is 9.73 Å². The number of hydrogen-bond acceptors (Lipinski definition) is 4. The molecule has 158 valence electrons. The van der Waals surface area contributed by atoms with Crippen LogP contribution in [0.2, 0.25) is 0 Å². The van der Waals surface area contributed by atoms with Crippen molar-refractivity contribution < 1.29 is 14.3 Å². The van der Waals surface area contributed by atoms with Gasteiger partial charge >= 0.3 is 5.97 Å². The number of hydrogen-bond donors (Lipinski definition) is 1. The van der Waals surface area contributed by atoms with E-state index in [-0.39, 0.29) is 23.7 Å². The van der Waals surface area contributed by atoms with Crippen molar-refractivity contribution in [1.82, 2.24) is 15.1 Å². The lowest BCUT2D eigenvalue weighted by Crippen LogP contribution is -2.40. The molecule has 1 aromatic rings. The average Bonchev–Trinajstić information content (AvgIpc) is 3.30. The second-order valence-corrected chi connectivity index (χ2v) is 7.92. The Hall–Kier alpha value is -2.57. The number of rotatable bonds is 6. The van der Waals surface area contributed by atoms with Gasteiger partial charge in [0.25, 0.3) is 0 Å². The van der Waals surface area contributed by atoms with Crippen LogP contribution in [0.5, 0.6) is 0 Å². The van der Waals surface area contributed by atoms with E-state index in [1.807, 2.05) is 17.9 Å². The van der Waals surface area contributed by atoms with E-state index in [2.05, 4.69) is 35.3 Å². The van der Waals surface area contributed by atoms with Crippen molar-refractivity contribution in [3.05, 3.63) is 35.4 Å². The van der Waals surface area contributed by atoms with Crippen LogP contribution in [0.1, 0.15) is 37.8 Å². The van der Waals surface area contributed by atoms with Crippen molar-refractivity contribution in [2.24, 2.45) is 16.8 Å². The van der Waals surface area contributed by atoms with Gasteiger partial charge in [0.2, 0.25) is 5.91 Å². The third-order valence-corrected chi connectivity index (χ3v) is 5.70. The Balaban J connectivity index is 1.66. The molecule has 0 bridgehead atoms. The van der Waals surface area contributed by atoms with Crippen molar-refractivity contribution in [3.63, 3.8) is 0 Å². The molecule has 2 aliphatic heterocycles. The lowest BCUT2D eigenvalue weighted by Gasteiger charge is -2.21. The molecule has 0 radical (unpaired) electrons. The minimum Gasteiger partial charge on any atom is -0.469 e. The summed E-state index contributed by atoms with van der Waals surface area (Å²) in [5, 5.41) is 3.34. The molecule has 29 heavy (non-hydrogen) atoms. The van der Waals surface area contributed by atoms with E-state index in [9.17, 15) is 9.59 Å². The van der Waals surface area contributed by atoms with E-state index < -0.39 is 0 Å². The number of esters is 1. The highest BCUT2D eigenvalue weighted by Crippen LogP contribution is 2.24. The summed E-state index contributed by atoms with van der Waals surface area (Å²) in [5.41, 5.74) is 2.25. The molecule has 2 unspecified atom stereocenters. The normalized spacial score (nSPS) is 22.3. The van der Waals surface area contributed by atoms with Gasteiger partial charge in [0.15, 0.2) is 5.96 Å². The zero-order chi connectivity index (χ0) is 20.8. The fourth-order valence-corrected chi connectivity index (χ4v) is 4.11. The first-order chi connectivity index (χ1) is 14.0. The van der Waals surface area contributed by atoms with Crippen molar-refractivity contribution in [2.45, 2.75) is 39.8 Å². The topological polar surface area (TPSA) is 74.2 Å². The number of methoxy groups -OCH3 is 1. The molecule has 0 aliphatic carbocycles. The molecule has 2 aliphatic rings. The number of amides is 1. The highest BCUT2D eigenvalue weighted by Gasteiger charge is 2.36. The number of ether oxygens (including phenoxy) is 1. The summed E-state index contributed by atoms with van der Waals surface area (Å²) < 4.78 is 4.94. The van der Waals surface area contributed by atoms with Gasteiger partial charge in [0.1, 0.15) is 0 Å². The molecular weight excluding hydrogens is 368 g/mol. The van der Waals surface area contributed by atoms with Gasteiger partial charge in [-0.25, -0.2) is 4.99 Å². The van der Waals surface area contributed by atoms with Gasteiger partial charge in [-0.1, -0.05) is 31.2 Å². The van der Waals surface area contributed by atoms with Gasteiger partial charge in [-0.15, -0.1) is 0 Å². The second-order valence-electron chi connectivity index (χ2n) is 7.92. The molecule has 1 aromatic carbocycles. The Morgan fingerprint density at radius 3 is 2.79 bits per heavy atom. The molecule has 1 amide bonds. The number of carbonyl (C=O) groups is 2. The Bertz CT molecular complexity index is 764. The number of guanidine groups is 1. The Morgan fingerprint density at radius 1 is 1.31 bits per heavy atom. The summed E-state index contributed by atoms with van der Waals surface area (Å²) in [6.07, 6.45) is 1.62. The van der Waals surface area contributed by atoms with Gasteiger partial charge in [0.05, 0.1) is 19.6 Å². The van der Waals surface area contributed by atoms with E-state index in [1.165, 1.54) is 7.11 Å². The number of likely N-dealkylation sites (tertiary alicyclic amines) is 2. The number of nitrogens with zero attached hydrogens (tertiary/aromatic N) is 3. The quantitative estimate of drug-likeness (QED) is 0.449. The van der Waals surface area contributed by atoms with Gasteiger partial charge in [-0.05, 0) is 30.4 Å². The maximum Gasteiger partial charge on any atom is 0.310 e. The van der Waals surface area contributed by atoms with Crippen LogP contribution < -0.4 is 5.32 Å². The molecule has 3 rings (SSSR count). The molecule has 7 nitrogen and oxygen atoms in total. The first-order valence-electron chi connectivity index (χ1n) is 10.5. The van der Waals surface area contributed by atoms with Crippen molar-refractivity contribution in [2.75, 3.05) is 33.3 Å². The van der Waals surface area contributed by atoms with Crippen molar-refractivity contribution in [1.29, 1.82) is 0 Å². The van der Waals surface area contributed by atoms with Crippen LogP contribution in [-0.2, 0) is 27.4 Å². The van der Waals surface area contributed by atoms with Gasteiger partial charge in [-0.2, -0.15) is 0 Å². The summed E-state index contributed by atoms with van der Waals surface area (Å²) >= 11 is 0. The summed E-state index contributed by atoms with van der Waals surface area (Å²) in [5.74, 6) is 1.02. The fraction of sp³-hybridized carbons (Fsp3) is 0.591. The largest absolute Gasteiger partial charge is 0.469 e. The Morgan fingerprint density at radius 2 is 2.10 bits per heavy atom. The molecule has 0 saturated carbocycles. The molecule has 7 heteroatoms. The molecule has 2 fully saturated rings. The zero-order valence-corrected chi connectivity index (χ0v) is 17.7. The van der Waals surface area contributed by atoms with Crippen LogP contribution in [0.3, 0.4) is 0 Å². The smallest absolute Gasteiger partial charge is 0.310 e. The van der Waals surface area contributed by atoms with Gasteiger partial charge in [0, 0.05) is 39.1 Å². The SMILES string of the molecule is CCNC(=NCc1cccc(CN2CCCC2=O)c1)N1CC(C)C(C(=O)OC)C1. The monoisotopic (exact) mass is 400 g/mol. The van der Waals surface area contributed by atoms with Crippen LogP contribution in [0.4, 0.5) is 0 Å². The lowest BCUT2D eigenvalue weighted by molar-refractivity contribution is -0.146. The highest BCUT2D eigenvalue weighted by atomic mass is 16.5. The predicted molar refractivity (Wildman–Crippen MR) is 112 cm³/mol. The summed E-state index contributed by atoms with van der Waals surface area (Å²) in [4.78, 5) is 32.7. The van der Waals surface area contributed by atoms with Crippen molar-refractivity contribution >= 4 is 17.8 Å². The number of nitrogens with one attached hydrogen (secondary N) is 1. The molecule has 2 atom stereocenters. The second kappa shape index (κ2) is 9.76. The van der Waals surface area contributed by atoms with Gasteiger partial charge in [-0.3, -0.25) is 9.59 Å². The maximum atomic E-state index is 12.0. The zero-order valence-electron chi connectivity index (χ0n) is 17.7. The van der Waals surface area contributed by atoms with E-state index in [0.29, 0.717) is 26.1 Å². The average molecular weight is 401 g/mol. The highest BCUT2D eigenvalue weighted by molar-refractivity contribution is 5.82. The number of carbonyl (C=O) groups excluding carboxylic acids is 2.